The zero-order valence-corrected chi connectivity index (χ0v) is 19.9. The standard InChI is InChI=1S/C28H27ClN4/c1-4-20-15-19(3)25(16-18(20)2)30-28-24-12-11-23(33-13-5-6-14-33)17-26(24)31-27(32-28)21-7-9-22(29)10-8-21/h5-14,16-17,20H,4,15H2,1-3H3,(H,30,31,32). The quantitative estimate of drug-likeness (QED) is 0.334. The summed E-state index contributed by atoms with van der Waals surface area (Å²) in [6, 6.07) is 18.0. The number of nitrogens with zero attached hydrogens (tertiary/aromatic N) is 3. The number of rotatable bonds is 5. The number of hydrogen-bond acceptors (Lipinski definition) is 3. The lowest BCUT2D eigenvalue weighted by Gasteiger charge is -2.25. The van der Waals surface area contributed by atoms with Crippen LogP contribution in [0.4, 0.5) is 5.82 Å². The topological polar surface area (TPSA) is 42.7 Å². The number of hydrogen-bond donors (Lipinski definition) is 1. The molecule has 33 heavy (non-hydrogen) atoms. The lowest BCUT2D eigenvalue weighted by Crippen LogP contribution is -2.13. The highest BCUT2D eigenvalue weighted by atomic mass is 35.5. The van der Waals surface area contributed by atoms with Crippen LogP contribution in [0, 0.1) is 5.92 Å². The Morgan fingerprint density at radius 1 is 1.03 bits per heavy atom. The maximum absolute atomic E-state index is 6.12. The van der Waals surface area contributed by atoms with Crippen LogP contribution in [0.3, 0.4) is 0 Å². The predicted octanol–water partition coefficient (Wildman–Crippen LogP) is 7.80. The summed E-state index contributed by atoms with van der Waals surface area (Å²) in [6.07, 6.45) is 8.58. The molecule has 1 N–H and O–H groups in total. The first-order chi connectivity index (χ1) is 16.0. The van der Waals surface area contributed by atoms with Gasteiger partial charge in [0, 0.05) is 39.8 Å². The first-order valence-corrected chi connectivity index (χ1v) is 11.8. The molecule has 4 aromatic rings. The van der Waals surface area contributed by atoms with E-state index in [4.69, 9.17) is 21.6 Å². The largest absolute Gasteiger partial charge is 0.340 e. The Kier molecular flexibility index (Phi) is 5.77. The van der Waals surface area contributed by atoms with Gasteiger partial charge in [-0.05, 0) is 98.9 Å². The molecule has 2 aromatic heterocycles. The number of aromatic nitrogens is 3. The van der Waals surface area contributed by atoms with Gasteiger partial charge in [-0.3, -0.25) is 0 Å². The second-order valence-corrected chi connectivity index (χ2v) is 9.15. The maximum Gasteiger partial charge on any atom is 0.162 e. The molecule has 0 fully saturated rings. The van der Waals surface area contributed by atoms with E-state index in [0.29, 0.717) is 16.8 Å². The number of nitrogens with one attached hydrogen (secondary N) is 1. The average Bonchev–Trinajstić information content (AvgIpc) is 3.36. The van der Waals surface area contributed by atoms with Crippen LogP contribution in [-0.4, -0.2) is 14.5 Å². The Bertz CT molecular complexity index is 1370. The van der Waals surface area contributed by atoms with E-state index in [9.17, 15) is 0 Å². The SMILES string of the molecule is CCC1CC(C)=C(Nc2nc(-c3ccc(Cl)cc3)nc3cc(-n4cccc4)ccc23)C=C1C. The second kappa shape index (κ2) is 8.87. The highest BCUT2D eigenvalue weighted by Crippen LogP contribution is 2.34. The molecule has 0 aliphatic heterocycles. The fraction of sp³-hybridized carbons (Fsp3) is 0.214. The molecule has 4 nitrogen and oxygen atoms in total. The van der Waals surface area contributed by atoms with E-state index < -0.39 is 0 Å². The number of fused-ring (bicyclic) bond motifs is 1. The molecule has 0 amide bonds. The third-order valence-electron chi connectivity index (χ3n) is 6.46. The first-order valence-electron chi connectivity index (χ1n) is 11.4. The molecule has 2 aromatic carbocycles. The van der Waals surface area contributed by atoms with E-state index >= 15 is 0 Å². The predicted molar refractivity (Wildman–Crippen MR) is 138 cm³/mol. The summed E-state index contributed by atoms with van der Waals surface area (Å²) in [5.41, 5.74) is 6.79. The van der Waals surface area contributed by atoms with Crippen LogP contribution in [0.5, 0.6) is 0 Å². The summed E-state index contributed by atoms with van der Waals surface area (Å²) < 4.78 is 2.08. The van der Waals surface area contributed by atoms with Gasteiger partial charge < -0.3 is 9.88 Å². The zero-order chi connectivity index (χ0) is 22.9. The van der Waals surface area contributed by atoms with Crippen LogP contribution in [0.15, 0.2) is 89.9 Å². The van der Waals surface area contributed by atoms with Crippen LogP contribution in [0.1, 0.15) is 33.6 Å². The summed E-state index contributed by atoms with van der Waals surface area (Å²) in [7, 11) is 0. The van der Waals surface area contributed by atoms with Crippen molar-refractivity contribution in [3.63, 3.8) is 0 Å². The molecule has 0 radical (unpaired) electrons. The first kappa shape index (κ1) is 21.5. The van der Waals surface area contributed by atoms with Gasteiger partial charge >= 0.3 is 0 Å². The monoisotopic (exact) mass is 454 g/mol. The van der Waals surface area contributed by atoms with Crippen LogP contribution in [0.2, 0.25) is 5.02 Å². The summed E-state index contributed by atoms with van der Waals surface area (Å²) in [6.45, 7) is 6.69. The molecule has 5 rings (SSSR count). The van der Waals surface area contributed by atoms with Gasteiger partial charge in [-0.2, -0.15) is 0 Å². The highest BCUT2D eigenvalue weighted by Gasteiger charge is 2.19. The van der Waals surface area contributed by atoms with Gasteiger partial charge in [0.2, 0.25) is 0 Å². The van der Waals surface area contributed by atoms with Gasteiger partial charge in [-0.25, -0.2) is 9.97 Å². The molecule has 1 unspecified atom stereocenters. The minimum atomic E-state index is 0.617. The molecule has 1 aliphatic carbocycles. The number of halogens is 1. The Morgan fingerprint density at radius 2 is 1.79 bits per heavy atom. The molecule has 5 heteroatoms. The van der Waals surface area contributed by atoms with Crippen LogP contribution >= 0.6 is 11.6 Å². The van der Waals surface area contributed by atoms with Crippen molar-refractivity contribution >= 4 is 28.3 Å². The Labute approximate surface area is 199 Å². The fourth-order valence-electron chi connectivity index (χ4n) is 4.45. The van der Waals surface area contributed by atoms with Gasteiger partial charge in [0.25, 0.3) is 0 Å². The molecule has 0 saturated heterocycles. The lowest BCUT2D eigenvalue weighted by atomic mass is 9.85. The summed E-state index contributed by atoms with van der Waals surface area (Å²) >= 11 is 6.12. The minimum Gasteiger partial charge on any atom is -0.340 e. The van der Waals surface area contributed by atoms with Gasteiger partial charge in [-0.1, -0.05) is 24.1 Å². The molecule has 2 heterocycles. The van der Waals surface area contributed by atoms with Gasteiger partial charge in [0.05, 0.1) is 5.52 Å². The molecule has 1 aliphatic rings. The van der Waals surface area contributed by atoms with Crippen LogP contribution in [0.25, 0.3) is 28.0 Å². The summed E-state index contributed by atoms with van der Waals surface area (Å²) in [4.78, 5) is 9.87. The molecule has 166 valence electrons. The maximum atomic E-state index is 6.12. The van der Waals surface area contributed by atoms with Crippen molar-refractivity contribution in [1.82, 2.24) is 14.5 Å². The van der Waals surface area contributed by atoms with Crippen molar-refractivity contribution in [3.05, 3.63) is 94.9 Å². The molecule has 0 saturated carbocycles. The van der Waals surface area contributed by atoms with Gasteiger partial charge in [-0.15, -0.1) is 0 Å². The molecular weight excluding hydrogens is 428 g/mol. The van der Waals surface area contributed by atoms with E-state index in [1.807, 2.05) is 48.8 Å². The van der Waals surface area contributed by atoms with Gasteiger partial charge in [0.15, 0.2) is 5.82 Å². The Balaban J connectivity index is 1.64. The minimum absolute atomic E-state index is 0.617. The number of anilines is 1. The lowest BCUT2D eigenvalue weighted by molar-refractivity contribution is 0.574. The molecule has 1 atom stereocenters. The zero-order valence-electron chi connectivity index (χ0n) is 19.1. The number of benzene rings is 2. The van der Waals surface area contributed by atoms with Crippen molar-refractivity contribution in [2.75, 3.05) is 5.32 Å². The summed E-state index contributed by atoms with van der Waals surface area (Å²) in [5.74, 6) is 2.11. The third-order valence-corrected chi connectivity index (χ3v) is 6.71. The molecule has 0 spiro atoms. The van der Waals surface area contributed by atoms with Crippen molar-refractivity contribution in [1.29, 1.82) is 0 Å². The normalized spacial score (nSPS) is 16.2. The number of allylic oxidation sites excluding steroid dienone is 3. The third kappa shape index (κ3) is 4.31. The smallest absolute Gasteiger partial charge is 0.162 e. The summed E-state index contributed by atoms with van der Waals surface area (Å²) in [5, 5.41) is 5.33. The van der Waals surface area contributed by atoms with Crippen molar-refractivity contribution in [2.24, 2.45) is 5.92 Å². The Hall–Kier alpha value is -3.37. The Morgan fingerprint density at radius 3 is 2.52 bits per heavy atom. The van der Waals surface area contributed by atoms with Gasteiger partial charge in [0.1, 0.15) is 5.82 Å². The van der Waals surface area contributed by atoms with Crippen LogP contribution in [-0.2, 0) is 0 Å². The van der Waals surface area contributed by atoms with Crippen molar-refractivity contribution < 1.29 is 0 Å². The van der Waals surface area contributed by atoms with E-state index in [1.54, 1.807) is 0 Å². The van der Waals surface area contributed by atoms with Crippen molar-refractivity contribution in [2.45, 2.75) is 33.6 Å². The van der Waals surface area contributed by atoms with E-state index in [-0.39, 0.29) is 0 Å². The second-order valence-electron chi connectivity index (χ2n) is 8.71. The molecule has 0 bridgehead atoms. The highest BCUT2D eigenvalue weighted by molar-refractivity contribution is 6.30. The van der Waals surface area contributed by atoms with E-state index in [0.717, 1.165) is 46.5 Å². The van der Waals surface area contributed by atoms with Crippen LogP contribution < -0.4 is 5.32 Å². The fourth-order valence-corrected chi connectivity index (χ4v) is 4.58. The van der Waals surface area contributed by atoms with E-state index in [1.165, 1.54) is 11.1 Å². The molecular formula is C28H27ClN4. The van der Waals surface area contributed by atoms with Crippen molar-refractivity contribution in [3.8, 4) is 17.1 Å². The van der Waals surface area contributed by atoms with E-state index in [2.05, 4.69) is 54.9 Å². The average molecular weight is 455 g/mol.